The van der Waals surface area contributed by atoms with E-state index >= 15 is 0 Å². The second kappa shape index (κ2) is 6.07. The van der Waals surface area contributed by atoms with Crippen LogP contribution >= 0.6 is 15.9 Å². The smallest absolute Gasteiger partial charge is 0.0504 e. The minimum Gasteiger partial charge on any atom is -0.396 e. The van der Waals surface area contributed by atoms with Gasteiger partial charge in [-0.3, -0.25) is 0 Å². The average molecular weight is 312 g/mol. The van der Waals surface area contributed by atoms with Gasteiger partial charge in [-0.1, -0.05) is 35.2 Å². The van der Waals surface area contributed by atoms with Crippen LogP contribution in [0.1, 0.15) is 37.7 Å². The molecular formula is C15H22BrNO. The zero-order chi connectivity index (χ0) is 13.0. The third-order valence-electron chi connectivity index (χ3n) is 4.08. The molecule has 1 aromatic carbocycles. The molecule has 2 rings (SSSR count). The van der Waals surface area contributed by atoms with Crippen molar-refractivity contribution in [3.05, 3.63) is 28.2 Å². The largest absolute Gasteiger partial charge is 0.396 e. The van der Waals surface area contributed by atoms with E-state index in [2.05, 4.69) is 46.4 Å². The highest BCUT2D eigenvalue weighted by Gasteiger charge is 2.30. The first-order valence-electron chi connectivity index (χ1n) is 6.76. The summed E-state index contributed by atoms with van der Waals surface area (Å²) in [6.07, 6.45) is 6.11. The van der Waals surface area contributed by atoms with Gasteiger partial charge in [-0.05, 0) is 43.5 Å². The van der Waals surface area contributed by atoms with Crippen molar-refractivity contribution in [2.75, 3.05) is 18.5 Å². The van der Waals surface area contributed by atoms with Crippen molar-refractivity contribution >= 4 is 21.6 Å². The fourth-order valence-electron chi connectivity index (χ4n) is 2.74. The van der Waals surface area contributed by atoms with E-state index in [1.165, 1.54) is 24.8 Å². The quantitative estimate of drug-likeness (QED) is 0.877. The Labute approximate surface area is 118 Å². The summed E-state index contributed by atoms with van der Waals surface area (Å²) in [5, 5.41) is 13.2. The molecule has 0 spiro atoms. The zero-order valence-electron chi connectivity index (χ0n) is 11.0. The zero-order valence-corrected chi connectivity index (χ0v) is 12.6. The van der Waals surface area contributed by atoms with Crippen LogP contribution in [0.25, 0.3) is 0 Å². The maximum absolute atomic E-state index is 9.67. The van der Waals surface area contributed by atoms with Gasteiger partial charge in [-0.25, -0.2) is 0 Å². The van der Waals surface area contributed by atoms with E-state index in [1.54, 1.807) is 0 Å². The highest BCUT2D eigenvalue weighted by atomic mass is 79.9. The van der Waals surface area contributed by atoms with Gasteiger partial charge in [0.25, 0.3) is 0 Å². The number of aliphatic hydroxyl groups excluding tert-OH is 1. The summed E-state index contributed by atoms with van der Waals surface area (Å²) in [6, 6.07) is 6.31. The number of nitrogens with one attached hydrogen (secondary N) is 1. The maximum atomic E-state index is 9.67. The highest BCUT2D eigenvalue weighted by Crippen LogP contribution is 2.36. The van der Waals surface area contributed by atoms with Crippen molar-refractivity contribution in [3.63, 3.8) is 0 Å². The second-order valence-electron chi connectivity index (χ2n) is 5.54. The summed E-state index contributed by atoms with van der Waals surface area (Å²) in [5.41, 5.74) is 2.48. The molecular weight excluding hydrogens is 290 g/mol. The van der Waals surface area contributed by atoms with Gasteiger partial charge < -0.3 is 10.4 Å². The van der Waals surface area contributed by atoms with Crippen LogP contribution in [0.5, 0.6) is 0 Å². The predicted molar refractivity (Wildman–Crippen MR) is 80.0 cm³/mol. The first kappa shape index (κ1) is 13.9. The molecule has 18 heavy (non-hydrogen) atoms. The molecule has 1 aliphatic carbocycles. The van der Waals surface area contributed by atoms with Gasteiger partial charge in [-0.15, -0.1) is 0 Å². The predicted octanol–water partition coefficient (Wildman–Crippen LogP) is 4.11. The lowest BCUT2D eigenvalue weighted by Gasteiger charge is -2.36. The molecule has 100 valence electrons. The van der Waals surface area contributed by atoms with Crippen LogP contribution in [-0.2, 0) is 0 Å². The summed E-state index contributed by atoms with van der Waals surface area (Å²) in [7, 11) is 0. The standard InChI is InChI=1S/C15H22BrNO/c1-12-9-13(5-6-14(12)16)17-10-15(11-18)7-3-2-4-8-15/h5-6,9,17-18H,2-4,7-8,10-11H2,1H3. The Morgan fingerprint density at radius 1 is 1.28 bits per heavy atom. The van der Waals surface area contributed by atoms with Crippen LogP contribution in [-0.4, -0.2) is 18.3 Å². The Morgan fingerprint density at radius 3 is 2.61 bits per heavy atom. The number of hydrogen-bond donors (Lipinski definition) is 2. The third kappa shape index (κ3) is 3.27. The number of anilines is 1. The summed E-state index contributed by atoms with van der Waals surface area (Å²) in [5.74, 6) is 0. The van der Waals surface area contributed by atoms with E-state index in [1.807, 2.05) is 0 Å². The van der Waals surface area contributed by atoms with Crippen LogP contribution in [0, 0.1) is 12.3 Å². The molecule has 0 amide bonds. The van der Waals surface area contributed by atoms with Gasteiger partial charge in [0, 0.05) is 22.1 Å². The normalized spacial score (nSPS) is 18.6. The molecule has 2 nitrogen and oxygen atoms in total. The number of halogens is 1. The van der Waals surface area contributed by atoms with Crippen molar-refractivity contribution in [2.24, 2.45) is 5.41 Å². The lowest BCUT2D eigenvalue weighted by molar-refractivity contribution is 0.0944. The van der Waals surface area contributed by atoms with Crippen LogP contribution in [0.15, 0.2) is 22.7 Å². The van der Waals surface area contributed by atoms with Gasteiger partial charge >= 0.3 is 0 Å². The average Bonchev–Trinajstić information content (AvgIpc) is 2.41. The Kier molecular flexibility index (Phi) is 4.68. The first-order valence-corrected chi connectivity index (χ1v) is 7.55. The van der Waals surface area contributed by atoms with Crippen molar-refractivity contribution in [1.29, 1.82) is 0 Å². The summed E-state index contributed by atoms with van der Waals surface area (Å²) in [4.78, 5) is 0. The molecule has 0 radical (unpaired) electrons. The molecule has 0 saturated heterocycles. The number of hydrogen-bond acceptors (Lipinski definition) is 2. The topological polar surface area (TPSA) is 32.3 Å². The Morgan fingerprint density at radius 2 is 2.00 bits per heavy atom. The third-order valence-corrected chi connectivity index (χ3v) is 4.96. The summed E-state index contributed by atoms with van der Waals surface area (Å²) >= 11 is 3.51. The molecule has 0 aliphatic heterocycles. The molecule has 1 aliphatic rings. The number of aryl methyl sites for hydroxylation is 1. The van der Waals surface area contributed by atoms with Gasteiger partial charge in [0.15, 0.2) is 0 Å². The molecule has 1 aromatic rings. The fourth-order valence-corrected chi connectivity index (χ4v) is 2.98. The minimum absolute atomic E-state index is 0.0965. The number of rotatable bonds is 4. The van der Waals surface area contributed by atoms with Crippen LogP contribution in [0.2, 0.25) is 0 Å². The summed E-state index contributed by atoms with van der Waals surface area (Å²) < 4.78 is 1.14. The summed E-state index contributed by atoms with van der Waals surface area (Å²) in [6.45, 7) is 3.28. The number of aliphatic hydroxyl groups is 1. The monoisotopic (exact) mass is 311 g/mol. The van der Waals surface area contributed by atoms with Crippen LogP contribution in [0.3, 0.4) is 0 Å². The minimum atomic E-state index is 0.0965. The van der Waals surface area contributed by atoms with E-state index in [-0.39, 0.29) is 5.41 Å². The lowest BCUT2D eigenvalue weighted by Crippen LogP contribution is -2.35. The Hall–Kier alpha value is -0.540. The SMILES string of the molecule is Cc1cc(NCC2(CO)CCCCC2)ccc1Br. The van der Waals surface area contributed by atoms with E-state index in [0.717, 1.165) is 29.5 Å². The van der Waals surface area contributed by atoms with E-state index in [0.29, 0.717) is 6.61 Å². The van der Waals surface area contributed by atoms with Crippen molar-refractivity contribution < 1.29 is 5.11 Å². The van der Waals surface area contributed by atoms with Crippen LogP contribution in [0.4, 0.5) is 5.69 Å². The molecule has 3 heteroatoms. The van der Waals surface area contributed by atoms with Gasteiger partial charge in [-0.2, -0.15) is 0 Å². The van der Waals surface area contributed by atoms with Gasteiger partial charge in [0.1, 0.15) is 0 Å². The van der Waals surface area contributed by atoms with Gasteiger partial charge in [0.2, 0.25) is 0 Å². The molecule has 0 aromatic heterocycles. The van der Waals surface area contributed by atoms with E-state index in [4.69, 9.17) is 0 Å². The molecule has 0 bridgehead atoms. The van der Waals surface area contributed by atoms with Crippen molar-refractivity contribution in [2.45, 2.75) is 39.0 Å². The first-order chi connectivity index (χ1) is 8.65. The van der Waals surface area contributed by atoms with Gasteiger partial charge in [0.05, 0.1) is 6.61 Å². The molecule has 2 N–H and O–H groups in total. The van der Waals surface area contributed by atoms with E-state index < -0.39 is 0 Å². The lowest BCUT2D eigenvalue weighted by atomic mass is 9.74. The second-order valence-corrected chi connectivity index (χ2v) is 6.39. The van der Waals surface area contributed by atoms with Crippen LogP contribution < -0.4 is 5.32 Å². The highest BCUT2D eigenvalue weighted by molar-refractivity contribution is 9.10. The van der Waals surface area contributed by atoms with E-state index in [9.17, 15) is 5.11 Å². The molecule has 0 atom stereocenters. The fraction of sp³-hybridized carbons (Fsp3) is 0.600. The number of benzene rings is 1. The maximum Gasteiger partial charge on any atom is 0.0504 e. The molecule has 0 unspecified atom stereocenters. The molecule has 1 saturated carbocycles. The molecule has 1 fully saturated rings. The van der Waals surface area contributed by atoms with Crippen molar-refractivity contribution in [1.82, 2.24) is 0 Å². The Bertz CT molecular complexity index is 399. The molecule has 0 heterocycles. The van der Waals surface area contributed by atoms with Crippen molar-refractivity contribution in [3.8, 4) is 0 Å². The Balaban J connectivity index is 1.98.